The molecule has 2 saturated carbocycles. The monoisotopic (exact) mass is 535 g/mol. The van der Waals surface area contributed by atoms with Crippen molar-refractivity contribution in [2.75, 3.05) is 12.1 Å². The normalized spacial score (nSPS) is 17.8. The number of nitrogens with one attached hydrogen (secondary N) is 1. The van der Waals surface area contributed by atoms with E-state index in [1.165, 1.54) is 80.9 Å². The number of anilines is 1. The second-order valence-corrected chi connectivity index (χ2v) is 17.8. The molecule has 4 rings (SSSR count). The Morgan fingerprint density at radius 3 is 2.11 bits per heavy atom. The Hall–Kier alpha value is -2.11. The minimum atomic E-state index is -1.86. The summed E-state index contributed by atoms with van der Waals surface area (Å²) in [6.07, 6.45) is 13.7. The second kappa shape index (κ2) is 12.8. The summed E-state index contributed by atoms with van der Waals surface area (Å²) in [5.74, 6) is 0.811. The summed E-state index contributed by atoms with van der Waals surface area (Å²) in [6.45, 7) is 12.2. The Balaban J connectivity index is 1.66. The second-order valence-electron chi connectivity index (χ2n) is 13.0. The molecule has 0 heterocycles. The van der Waals surface area contributed by atoms with E-state index >= 15 is 0 Å². The average Bonchev–Trinajstić information content (AvgIpc) is 2.92. The SMILES string of the molecule is CC(C)(C)[Si](C)(C)OCCc1c(NOC(=O)c2ccccc2)cc(C2CCCCC2)cc1C1CCCCC1. The molecule has 2 fully saturated rings. The lowest BCUT2D eigenvalue weighted by Crippen LogP contribution is -2.41. The highest BCUT2D eigenvalue weighted by Crippen LogP contribution is 2.42. The summed E-state index contributed by atoms with van der Waals surface area (Å²) in [6, 6.07) is 14.0. The van der Waals surface area contributed by atoms with E-state index in [0.29, 0.717) is 24.0 Å². The molecule has 2 aliphatic rings. The number of carbonyl (C=O) groups is 1. The first-order valence-electron chi connectivity index (χ1n) is 15.0. The molecule has 0 saturated heterocycles. The molecule has 5 heteroatoms. The van der Waals surface area contributed by atoms with Crippen LogP contribution in [0.3, 0.4) is 0 Å². The molecule has 0 radical (unpaired) electrons. The molecule has 0 unspecified atom stereocenters. The van der Waals surface area contributed by atoms with Crippen LogP contribution >= 0.6 is 0 Å². The van der Waals surface area contributed by atoms with Crippen molar-refractivity contribution < 1.29 is 14.1 Å². The largest absolute Gasteiger partial charge is 0.416 e. The van der Waals surface area contributed by atoms with E-state index in [1.807, 2.05) is 18.2 Å². The van der Waals surface area contributed by atoms with Crippen LogP contribution in [0, 0.1) is 0 Å². The van der Waals surface area contributed by atoms with Crippen molar-refractivity contribution >= 4 is 20.0 Å². The van der Waals surface area contributed by atoms with Crippen molar-refractivity contribution in [3.05, 3.63) is 64.7 Å². The molecular formula is C33H49NO3Si. The number of carbonyl (C=O) groups excluding carboxylic acids is 1. The van der Waals surface area contributed by atoms with Crippen molar-refractivity contribution in [2.24, 2.45) is 0 Å². The lowest BCUT2D eigenvalue weighted by Gasteiger charge is -2.36. The van der Waals surface area contributed by atoms with Crippen LogP contribution in [-0.4, -0.2) is 20.9 Å². The molecule has 0 amide bonds. The Kier molecular flexibility index (Phi) is 9.75. The number of benzene rings is 2. The van der Waals surface area contributed by atoms with Crippen molar-refractivity contribution in [2.45, 2.75) is 121 Å². The van der Waals surface area contributed by atoms with Gasteiger partial charge in [-0.3, -0.25) is 0 Å². The van der Waals surface area contributed by atoms with Gasteiger partial charge in [-0.2, -0.15) is 0 Å². The number of hydrogen-bond donors (Lipinski definition) is 1. The third-order valence-corrected chi connectivity index (χ3v) is 13.9. The summed E-state index contributed by atoms with van der Waals surface area (Å²) >= 11 is 0. The number of rotatable bonds is 9. The molecule has 38 heavy (non-hydrogen) atoms. The smallest absolute Gasteiger partial charge is 0.362 e. The van der Waals surface area contributed by atoms with Crippen LogP contribution in [0.2, 0.25) is 18.1 Å². The summed E-state index contributed by atoms with van der Waals surface area (Å²) in [5, 5.41) is 0.177. The molecule has 0 atom stereocenters. The van der Waals surface area contributed by atoms with Gasteiger partial charge in [0.2, 0.25) is 0 Å². The summed E-state index contributed by atoms with van der Waals surface area (Å²) in [4.78, 5) is 18.6. The maximum absolute atomic E-state index is 12.9. The quantitative estimate of drug-likeness (QED) is 0.256. The van der Waals surface area contributed by atoms with Crippen LogP contribution in [0.5, 0.6) is 0 Å². The molecule has 0 aromatic heterocycles. The summed E-state index contributed by atoms with van der Waals surface area (Å²) in [7, 11) is -1.86. The topological polar surface area (TPSA) is 47.6 Å². The molecule has 2 aromatic rings. The third kappa shape index (κ3) is 7.29. The Morgan fingerprint density at radius 1 is 0.895 bits per heavy atom. The fraction of sp³-hybridized carbons (Fsp3) is 0.606. The van der Waals surface area contributed by atoms with Crippen molar-refractivity contribution in [3.8, 4) is 0 Å². The number of hydrogen-bond acceptors (Lipinski definition) is 4. The van der Waals surface area contributed by atoms with Crippen LogP contribution in [0.1, 0.15) is 124 Å². The van der Waals surface area contributed by atoms with E-state index in [9.17, 15) is 4.79 Å². The first-order valence-corrected chi connectivity index (χ1v) is 17.9. The van der Waals surface area contributed by atoms with Crippen LogP contribution in [0.4, 0.5) is 5.69 Å². The maximum atomic E-state index is 12.9. The van der Waals surface area contributed by atoms with E-state index in [0.717, 1.165) is 12.1 Å². The van der Waals surface area contributed by atoms with Gasteiger partial charge in [-0.25, -0.2) is 10.3 Å². The predicted octanol–water partition coefficient (Wildman–Crippen LogP) is 9.53. The fourth-order valence-corrected chi connectivity index (χ4v) is 6.94. The van der Waals surface area contributed by atoms with Gasteiger partial charge in [0.1, 0.15) is 0 Å². The minimum Gasteiger partial charge on any atom is -0.416 e. The van der Waals surface area contributed by atoms with Crippen LogP contribution in [-0.2, 0) is 15.7 Å². The van der Waals surface area contributed by atoms with Crippen LogP contribution in [0.25, 0.3) is 0 Å². The Labute approximate surface area is 232 Å². The van der Waals surface area contributed by atoms with Crippen LogP contribution in [0.15, 0.2) is 42.5 Å². The van der Waals surface area contributed by atoms with E-state index in [1.54, 1.807) is 12.1 Å². The van der Waals surface area contributed by atoms with Gasteiger partial charge in [0, 0.05) is 6.61 Å². The van der Waals surface area contributed by atoms with Gasteiger partial charge < -0.3 is 9.26 Å². The Bertz CT molecular complexity index is 1050. The lowest BCUT2D eigenvalue weighted by atomic mass is 9.77. The molecule has 2 aromatic carbocycles. The van der Waals surface area contributed by atoms with E-state index in [2.05, 4.69) is 51.5 Å². The molecule has 0 aliphatic heterocycles. The zero-order valence-corrected chi connectivity index (χ0v) is 25.4. The Morgan fingerprint density at radius 2 is 1.50 bits per heavy atom. The van der Waals surface area contributed by atoms with Gasteiger partial charge in [0.05, 0.1) is 11.3 Å². The van der Waals surface area contributed by atoms with Gasteiger partial charge in [-0.15, -0.1) is 0 Å². The summed E-state index contributed by atoms with van der Waals surface area (Å²) < 4.78 is 6.64. The average molecular weight is 536 g/mol. The molecule has 1 N–H and O–H groups in total. The van der Waals surface area contributed by atoms with Crippen molar-refractivity contribution in [1.82, 2.24) is 0 Å². The third-order valence-electron chi connectivity index (χ3n) is 9.31. The van der Waals surface area contributed by atoms with Gasteiger partial charge in [-0.1, -0.05) is 83.6 Å². The summed E-state index contributed by atoms with van der Waals surface area (Å²) in [5.41, 5.74) is 8.82. The van der Waals surface area contributed by atoms with E-state index in [4.69, 9.17) is 9.26 Å². The molecule has 2 aliphatic carbocycles. The van der Waals surface area contributed by atoms with Gasteiger partial charge in [-0.05, 0) is 97.0 Å². The van der Waals surface area contributed by atoms with Crippen molar-refractivity contribution in [1.29, 1.82) is 0 Å². The molecule has 0 bridgehead atoms. The molecule has 4 nitrogen and oxygen atoms in total. The maximum Gasteiger partial charge on any atom is 0.362 e. The fourth-order valence-electron chi connectivity index (χ4n) is 5.90. The zero-order valence-electron chi connectivity index (χ0n) is 24.4. The van der Waals surface area contributed by atoms with Gasteiger partial charge in [0.25, 0.3) is 0 Å². The van der Waals surface area contributed by atoms with Crippen LogP contribution < -0.4 is 5.48 Å². The molecular weight excluding hydrogens is 486 g/mol. The zero-order chi connectivity index (χ0) is 27.2. The first kappa shape index (κ1) is 28.9. The molecule has 0 spiro atoms. The highest BCUT2D eigenvalue weighted by atomic mass is 28.4. The van der Waals surface area contributed by atoms with Crippen molar-refractivity contribution in [3.63, 3.8) is 0 Å². The highest BCUT2D eigenvalue weighted by molar-refractivity contribution is 6.74. The first-order chi connectivity index (χ1) is 18.2. The molecule has 208 valence electrons. The highest BCUT2D eigenvalue weighted by Gasteiger charge is 2.37. The van der Waals surface area contributed by atoms with E-state index in [-0.39, 0.29) is 11.0 Å². The van der Waals surface area contributed by atoms with E-state index < -0.39 is 8.32 Å². The lowest BCUT2D eigenvalue weighted by molar-refractivity contribution is 0.0596. The standard InChI is InChI=1S/C33H49NO3Si/c1-33(2,3)38(4,5)36-22-21-29-30(26-17-11-7-12-18-26)23-28(25-15-9-6-10-16-25)24-31(29)34-37-32(35)27-19-13-8-14-20-27/h8,13-14,19-20,23-26,34H,6-7,9-12,15-18,21-22H2,1-5H3. The predicted molar refractivity (Wildman–Crippen MR) is 160 cm³/mol. The minimum absolute atomic E-state index is 0.177. The van der Waals surface area contributed by atoms with Gasteiger partial charge in [0.15, 0.2) is 8.32 Å². The van der Waals surface area contributed by atoms with Gasteiger partial charge >= 0.3 is 5.97 Å².